The van der Waals surface area contributed by atoms with Crippen molar-refractivity contribution in [1.29, 1.82) is 0 Å². The number of aromatic nitrogens is 1. The van der Waals surface area contributed by atoms with Crippen molar-refractivity contribution in [3.8, 4) is 0 Å². The van der Waals surface area contributed by atoms with Crippen molar-refractivity contribution in [3.05, 3.63) is 76.3 Å². The van der Waals surface area contributed by atoms with Gasteiger partial charge in [0.2, 0.25) is 5.91 Å². The van der Waals surface area contributed by atoms with Crippen molar-refractivity contribution >= 4 is 34.0 Å². The monoisotopic (exact) mass is 394 g/mol. The van der Waals surface area contributed by atoms with Crippen LogP contribution < -0.4 is 4.90 Å². The number of amides is 1. The molecule has 5 nitrogen and oxygen atoms in total. The first kappa shape index (κ1) is 19.8. The topological polar surface area (TPSA) is 59.5 Å². The first-order valence-corrected chi connectivity index (χ1v) is 9.84. The number of esters is 1. The van der Waals surface area contributed by atoms with Gasteiger partial charge in [-0.2, -0.15) is 0 Å². The largest absolute Gasteiger partial charge is 0.459 e. The van der Waals surface area contributed by atoms with E-state index in [2.05, 4.69) is 4.98 Å². The first-order valence-electron chi connectivity index (χ1n) is 8.96. The van der Waals surface area contributed by atoms with Crippen LogP contribution in [0.1, 0.15) is 29.3 Å². The van der Waals surface area contributed by atoms with Gasteiger partial charge >= 0.3 is 5.97 Å². The number of nitrogens with zero attached hydrogens (tertiary/aromatic N) is 2. The van der Waals surface area contributed by atoms with Crippen LogP contribution in [0.5, 0.6) is 0 Å². The molecule has 0 aliphatic carbocycles. The van der Waals surface area contributed by atoms with Gasteiger partial charge in [-0.05, 0) is 42.7 Å². The van der Waals surface area contributed by atoms with Gasteiger partial charge in [-0.1, -0.05) is 36.4 Å². The number of anilines is 2. The highest BCUT2D eigenvalue weighted by Gasteiger charge is 2.18. The zero-order valence-electron chi connectivity index (χ0n) is 16.1. The lowest BCUT2D eigenvalue weighted by Crippen LogP contribution is -2.22. The lowest BCUT2D eigenvalue weighted by atomic mass is 10.0. The smallest absolute Gasteiger partial charge is 0.310 e. The minimum Gasteiger partial charge on any atom is -0.459 e. The van der Waals surface area contributed by atoms with Crippen molar-refractivity contribution in [1.82, 2.24) is 4.98 Å². The number of carbonyl (C=O) groups is 2. The lowest BCUT2D eigenvalue weighted by molar-refractivity contribution is -0.144. The van der Waals surface area contributed by atoms with Crippen LogP contribution in [0, 0.1) is 13.8 Å². The molecule has 1 heterocycles. The Morgan fingerprint density at radius 1 is 1.07 bits per heavy atom. The molecule has 6 heteroatoms. The second-order valence-electron chi connectivity index (χ2n) is 6.57. The van der Waals surface area contributed by atoms with Crippen molar-refractivity contribution in [3.63, 3.8) is 0 Å². The number of benzene rings is 2. The first-order chi connectivity index (χ1) is 13.4. The molecule has 144 valence electrons. The third-order valence-corrected chi connectivity index (χ3v) is 5.24. The van der Waals surface area contributed by atoms with E-state index in [1.807, 2.05) is 62.4 Å². The van der Waals surface area contributed by atoms with Crippen molar-refractivity contribution < 1.29 is 14.3 Å². The van der Waals surface area contributed by atoms with Gasteiger partial charge in [-0.3, -0.25) is 14.5 Å². The van der Waals surface area contributed by atoms with E-state index in [0.29, 0.717) is 10.8 Å². The van der Waals surface area contributed by atoms with Gasteiger partial charge in [0.1, 0.15) is 6.61 Å². The summed E-state index contributed by atoms with van der Waals surface area (Å²) in [5.74, 6) is -0.428. The van der Waals surface area contributed by atoms with Gasteiger partial charge in [0.15, 0.2) is 5.13 Å². The van der Waals surface area contributed by atoms with E-state index < -0.39 is 0 Å². The van der Waals surface area contributed by atoms with Gasteiger partial charge in [0.05, 0.1) is 17.8 Å². The Morgan fingerprint density at radius 3 is 2.50 bits per heavy atom. The number of aryl methyl sites for hydroxylation is 2. The number of carbonyl (C=O) groups excluding carboxylic acids is 2. The number of para-hydroxylation sites is 1. The fourth-order valence-corrected chi connectivity index (χ4v) is 3.63. The van der Waals surface area contributed by atoms with E-state index in [0.717, 1.165) is 16.8 Å². The third-order valence-electron chi connectivity index (χ3n) is 4.36. The second kappa shape index (κ2) is 8.80. The highest BCUT2D eigenvalue weighted by Crippen LogP contribution is 2.28. The lowest BCUT2D eigenvalue weighted by Gasteiger charge is -2.17. The van der Waals surface area contributed by atoms with Crippen LogP contribution >= 0.6 is 11.3 Å². The summed E-state index contributed by atoms with van der Waals surface area (Å²) >= 11 is 1.34. The summed E-state index contributed by atoms with van der Waals surface area (Å²) in [6.45, 7) is 5.64. The summed E-state index contributed by atoms with van der Waals surface area (Å²) in [4.78, 5) is 30.2. The third kappa shape index (κ3) is 4.84. The molecule has 0 saturated carbocycles. The Bertz CT molecular complexity index is 982. The van der Waals surface area contributed by atoms with Crippen molar-refractivity contribution in [2.75, 3.05) is 4.90 Å². The minimum absolute atomic E-state index is 0.0840. The second-order valence-corrected chi connectivity index (χ2v) is 7.40. The van der Waals surface area contributed by atoms with Gasteiger partial charge in [-0.25, -0.2) is 4.98 Å². The number of rotatable bonds is 6. The van der Waals surface area contributed by atoms with Crippen molar-refractivity contribution in [2.45, 2.75) is 33.8 Å². The molecular formula is C22H22N2O3S. The quantitative estimate of drug-likeness (QED) is 0.567. The molecule has 3 aromatic rings. The molecule has 2 aromatic carbocycles. The number of hydrogen-bond acceptors (Lipinski definition) is 5. The van der Waals surface area contributed by atoms with Crippen LogP contribution in [0.2, 0.25) is 0 Å². The van der Waals surface area contributed by atoms with Crippen LogP contribution in [0.25, 0.3) is 0 Å². The van der Waals surface area contributed by atoms with Gasteiger partial charge in [-0.15, -0.1) is 11.3 Å². The van der Waals surface area contributed by atoms with E-state index in [1.165, 1.54) is 23.8 Å². The maximum Gasteiger partial charge on any atom is 0.310 e. The summed E-state index contributed by atoms with van der Waals surface area (Å²) in [5.41, 5.74) is 4.65. The fourth-order valence-electron chi connectivity index (χ4n) is 2.75. The zero-order chi connectivity index (χ0) is 20.1. The van der Waals surface area contributed by atoms with Gasteiger partial charge in [0, 0.05) is 12.3 Å². The Balaban J connectivity index is 1.63. The van der Waals surface area contributed by atoms with Crippen LogP contribution in [0.3, 0.4) is 0 Å². The molecule has 0 saturated heterocycles. The maximum absolute atomic E-state index is 12.1. The Hall–Kier alpha value is -2.99. The summed E-state index contributed by atoms with van der Waals surface area (Å²) in [5, 5.41) is 2.36. The number of ether oxygens (including phenoxy) is 1. The molecule has 0 aliphatic rings. The molecular weight excluding hydrogens is 372 g/mol. The summed E-state index contributed by atoms with van der Waals surface area (Å²) in [6.07, 6.45) is 0.224. The molecule has 3 rings (SSSR count). The molecule has 0 unspecified atom stereocenters. The van der Waals surface area contributed by atoms with Crippen LogP contribution in [-0.4, -0.2) is 16.9 Å². The average Bonchev–Trinajstić information content (AvgIpc) is 3.12. The molecule has 0 aliphatic heterocycles. The van der Waals surface area contributed by atoms with Gasteiger partial charge < -0.3 is 4.74 Å². The average molecular weight is 394 g/mol. The molecule has 28 heavy (non-hydrogen) atoms. The van der Waals surface area contributed by atoms with E-state index in [-0.39, 0.29) is 24.9 Å². The molecule has 0 radical (unpaired) electrons. The Labute approximate surface area is 168 Å². The predicted octanol–water partition coefficient (Wildman–Crippen LogP) is 4.73. The number of thiazole rings is 1. The van der Waals surface area contributed by atoms with Crippen molar-refractivity contribution in [2.24, 2.45) is 0 Å². The number of hydrogen-bond donors (Lipinski definition) is 0. The van der Waals surface area contributed by atoms with E-state index >= 15 is 0 Å². The standard InChI is InChI=1S/C22H22N2O3S/c1-15-9-10-18(11-16(15)2)12-21(26)27-13-19-14-28-22(23-19)24(17(3)25)20-7-5-4-6-8-20/h4-11,14H,12-13H2,1-3H3. The van der Waals surface area contributed by atoms with Crippen LogP contribution in [-0.2, 0) is 27.4 Å². The predicted molar refractivity (Wildman–Crippen MR) is 111 cm³/mol. The van der Waals surface area contributed by atoms with Crippen LogP contribution in [0.4, 0.5) is 10.8 Å². The Kier molecular flexibility index (Phi) is 6.21. The maximum atomic E-state index is 12.1. The molecule has 0 fully saturated rings. The molecule has 1 aromatic heterocycles. The minimum atomic E-state index is -0.302. The summed E-state index contributed by atoms with van der Waals surface area (Å²) in [6, 6.07) is 15.3. The summed E-state index contributed by atoms with van der Waals surface area (Å²) < 4.78 is 5.36. The molecule has 0 spiro atoms. The Morgan fingerprint density at radius 2 is 1.82 bits per heavy atom. The molecule has 0 bridgehead atoms. The molecule has 0 atom stereocenters. The normalized spacial score (nSPS) is 10.5. The van der Waals surface area contributed by atoms with E-state index in [4.69, 9.17) is 4.74 Å². The van der Waals surface area contributed by atoms with Crippen LogP contribution in [0.15, 0.2) is 53.9 Å². The van der Waals surface area contributed by atoms with Gasteiger partial charge in [0.25, 0.3) is 0 Å². The highest BCUT2D eigenvalue weighted by molar-refractivity contribution is 7.14. The summed E-state index contributed by atoms with van der Waals surface area (Å²) in [7, 11) is 0. The van der Waals surface area contributed by atoms with E-state index in [9.17, 15) is 9.59 Å². The van der Waals surface area contributed by atoms with E-state index in [1.54, 1.807) is 10.3 Å². The molecule has 0 N–H and O–H groups in total. The zero-order valence-corrected chi connectivity index (χ0v) is 17.0. The highest BCUT2D eigenvalue weighted by atomic mass is 32.1. The fraction of sp³-hybridized carbons (Fsp3) is 0.227. The molecule has 1 amide bonds. The SMILES string of the molecule is CC(=O)N(c1ccccc1)c1nc(COC(=O)Cc2ccc(C)c(C)c2)cs1.